The number of aliphatic hydroxyl groups is 1. The van der Waals surface area contributed by atoms with Crippen molar-refractivity contribution in [2.45, 2.75) is 19.4 Å². The summed E-state index contributed by atoms with van der Waals surface area (Å²) in [5, 5.41) is 9.78. The minimum absolute atomic E-state index is 0.262. The van der Waals surface area contributed by atoms with E-state index in [0.717, 1.165) is 18.8 Å². The van der Waals surface area contributed by atoms with E-state index in [2.05, 4.69) is 16.8 Å². The van der Waals surface area contributed by atoms with Crippen molar-refractivity contribution in [3.63, 3.8) is 0 Å². The van der Waals surface area contributed by atoms with Crippen molar-refractivity contribution in [1.29, 1.82) is 0 Å². The first-order valence-electron chi connectivity index (χ1n) is 5.31. The van der Waals surface area contributed by atoms with Crippen LogP contribution in [0.3, 0.4) is 0 Å². The van der Waals surface area contributed by atoms with Crippen molar-refractivity contribution in [2.24, 2.45) is 5.92 Å². The summed E-state index contributed by atoms with van der Waals surface area (Å²) in [5.41, 5.74) is 6.41. The number of anilines is 2. The lowest BCUT2D eigenvalue weighted by molar-refractivity contribution is 0.102. The molecule has 1 fully saturated rings. The zero-order valence-electron chi connectivity index (χ0n) is 8.93. The second kappa shape index (κ2) is 4.06. The van der Waals surface area contributed by atoms with E-state index in [9.17, 15) is 5.11 Å². The average molecular weight is 207 g/mol. The van der Waals surface area contributed by atoms with Gasteiger partial charge >= 0.3 is 0 Å². The Hall–Kier alpha value is -1.29. The van der Waals surface area contributed by atoms with Crippen molar-refractivity contribution in [1.82, 2.24) is 4.98 Å². The third-order valence-electron chi connectivity index (χ3n) is 3.01. The van der Waals surface area contributed by atoms with Gasteiger partial charge in [-0.05, 0) is 18.4 Å². The molecule has 1 aromatic heterocycles. The van der Waals surface area contributed by atoms with E-state index in [4.69, 9.17) is 5.73 Å². The van der Waals surface area contributed by atoms with Crippen LogP contribution in [0.5, 0.6) is 0 Å². The van der Waals surface area contributed by atoms with Crippen LogP contribution in [0.2, 0.25) is 0 Å². The first-order valence-corrected chi connectivity index (χ1v) is 5.31. The van der Waals surface area contributed by atoms with Crippen LogP contribution in [0.15, 0.2) is 18.3 Å². The van der Waals surface area contributed by atoms with Crippen LogP contribution in [0, 0.1) is 5.92 Å². The summed E-state index contributed by atoms with van der Waals surface area (Å²) < 4.78 is 0. The maximum absolute atomic E-state index is 9.78. The quantitative estimate of drug-likeness (QED) is 0.717. The van der Waals surface area contributed by atoms with Gasteiger partial charge in [-0.15, -0.1) is 0 Å². The molecule has 4 nitrogen and oxygen atoms in total. The molecule has 2 heterocycles. The largest absolute Gasteiger partial charge is 0.399 e. The van der Waals surface area contributed by atoms with E-state index in [-0.39, 0.29) is 6.10 Å². The highest BCUT2D eigenvalue weighted by atomic mass is 16.3. The summed E-state index contributed by atoms with van der Waals surface area (Å²) in [5.74, 6) is 1.24. The van der Waals surface area contributed by atoms with Crippen LogP contribution < -0.4 is 10.6 Å². The lowest BCUT2D eigenvalue weighted by Crippen LogP contribution is -2.43. The van der Waals surface area contributed by atoms with Gasteiger partial charge in [0.2, 0.25) is 0 Å². The van der Waals surface area contributed by atoms with E-state index in [1.165, 1.54) is 0 Å². The third-order valence-corrected chi connectivity index (χ3v) is 3.01. The molecule has 3 N–H and O–H groups in total. The normalized spacial score (nSPS) is 26.7. The van der Waals surface area contributed by atoms with Gasteiger partial charge in [-0.2, -0.15) is 0 Å². The fourth-order valence-corrected chi connectivity index (χ4v) is 1.86. The molecule has 2 atom stereocenters. The highest BCUT2D eigenvalue weighted by molar-refractivity contribution is 5.50. The molecule has 1 aromatic rings. The molecule has 0 aromatic carbocycles. The highest BCUT2D eigenvalue weighted by Gasteiger charge is 2.24. The molecule has 2 rings (SSSR count). The molecule has 0 spiro atoms. The van der Waals surface area contributed by atoms with Crippen LogP contribution in [0.1, 0.15) is 13.3 Å². The number of pyridine rings is 1. The van der Waals surface area contributed by atoms with E-state index < -0.39 is 0 Å². The second-order valence-corrected chi connectivity index (χ2v) is 4.23. The van der Waals surface area contributed by atoms with Crippen molar-refractivity contribution in [2.75, 3.05) is 23.7 Å². The van der Waals surface area contributed by atoms with Gasteiger partial charge in [-0.25, -0.2) is 4.98 Å². The molecule has 0 bridgehead atoms. The summed E-state index contributed by atoms with van der Waals surface area (Å²) >= 11 is 0. The second-order valence-electron chi connectivity index (χ2n) is 4.23. The fraction of sp³-hybridized carbons (Fsp3) is 0.545. The van der Waals surface area contributed by atoms with E-state index in [1.54, 1.807) is 12.3 Å². The Balaban J connectivity index is 2.12. The molecule has 1 aliphatic heterocycles. The number of rotatable bonds is 1. The van der Waals surface area contributed by atoms with Crippen LogP contribution >= 0.6 is 0 Å². The Labute approximate surface area is 89.7 Å². The summed E-state index contributed by atoms with van der Waals surface area (Å²) in [6.07, 6.45) is 2.44. The van der Waals surface area contributed by atoms with Crippen LogP contribution in [-0.4, -0.2) is 29.3 Å². The maximum atomic E-state index is 9.78. The number of aromatic nitrogens is 1. The Bertz CT molecular complexity index is 342. The maximum Gasteiger partial charge on any atom is 0.130 e. The van der Waals surface area contributed by atoms with Gasteiger partial charge in [0.25, 0.3) is 0 Å². The molecule has 0 saturated carbocycles. The molecule has 15 heavy (non-hydrogen) atoms. The summed E-state index contributed by atoms with van der Waals surface area (Å²) in [6.45, 7) is 3.67. The third kappa shape index (κ3) is 2.21. The minimum Gasteiger partial charge on any atom is -0.399 e. The first-order chi connectivity index (χ1) is 7.16. The lowest BCUT2D eigenvalue weighted by atomic mass is 9.96. The summed E-state index contributed by atoms with van der Waals surface area (Å²) in [6, 6.07) is 3.62. The zero-order chi connectivity index (χ0) is 10.8. The molecule has 1 aliphatic rings. The number of hydrogen-bond acceptors (Lipinski definition) is 4. The Morgan fingerprint density at radius 2 is 2.40 bits per heavy atom. The Kier molecular flexibility index (Phi) is 2.77. The predicted molar refractivity (Wildman–Crippen MR) is 60.7 cm³/mol. The van der Waals surface area contributed by atoms with Gasteiger partial charge in [-0.1, -0.05) is 6.92 Å². The molecule has 1 saturated heterocycles. The van der Waals surface area contributed by atoms with Gasteiger partial charge in [0, 0.05) is 31.0 Å². The Morgan fingerprint density at radius 3 is 3.07 bits per heavy atom. The van der Waals surface area contributed by atoms with Gasteiger partial charge < -0.3 is 15.7 Å². The number of nitrogen functional groups attached to an aromatic ring is 1. The molecule has 0 aliphatic carbocycles. The van der Waals surface area contributed by atoms with Crippen LogP contribution in [0.25, 0.3) is 0 Å². The van der Waals surface area contributed by atoms with Gasteiger partial charge in [-0.3, -0.25) is 0 Å². The predicted octanol–water partition coefficient (Wildman–Crippen LogP) is 0.871. The molecule has 82 valence electrons. The molecule has 4 heteroatoms. The van der Waals surface area contributed by atoms with Crippen molar-refractivity contribution in [3.8, 4) is 0 Å². The molecule has 0 amide bonds. The van der Waals surface area contributed by atoms with Gasteiger partial charge in [0.05, 0.1) is 6.10 Å². The van der Waals surface area contributed by atoms with Crippen molar-refractivity contribution in [3.05, 3.63) is 18.3 Å². The monoisotopic (exact) mass is 207 g/mol. The lowest BCUT2D eigenvalue weighted by Gasteiger charge is -2.35. The average Bonchev–Trinajstić information content (AvgIpc) is 2.22. The number of piperidine rings is 1. The van der Waals surface area contributed by atoms with E-state index >= 15 is 0 Å². The smallest absolute Gasteiger partial charge is 0.130 e. The first kappa shape index (κ1) is 10.2. The number of β-amino-alcohol motifs (C(OH)–C–C–N with tert-alkyl or cyclic N) is 1. The highest BCUT2D eigenvalue weighted by Crippen LogP contribution is 2.22. The van der Waals surface area contributed by atoms with Gasteiger partial charge in [0.1, 0.15) is 5.82 Å². The SMILES string of the molecule is CC1CCN(c2cc(N)ccn2)CC1O. The minimum atomic E-state index is -0.262. The Morgan fingerprint density at radius 1 is 1.60 bits per heavy atom. The molecule has 2 unspecified atom stereocenters. The molecule has 0 radical (unpaired) electrons. The standard InChI is InChI=1S/C11H17N3O/c1-8-3-5-14(7-10(8)15)11-6-9(12)2-4-13-11/h2,4,6,8,10,15H,3,5,7H2,1H3,(H2,12,13). The summed E-state index contributed by atoms with van der Waals surface area (Å²) in [7, 11) is 0. The van der Waals surface area contributed by atoms with E-state index in [1.807, 2.05) is 6.07 Å². The number of nitrogens with two attached hydrogens (primary N) is 1. The van der Waals surface area contributed by atoms with Crippen LogP contribution in [-0.2, 0) is 0 Å². The summed E-state index contributed by atoms with van der Waals surface area (Å²) in [4.78, 5) is 6.34. The number of aliphatic hydroxyl groups excluding tert-OH is 1. The van der Waals surface area contributed by atoms with Crippen molar-refractivity contribution >= 4 is 11.5 Å². The fourth-order valence-electron chi connectivity index (χ4n) is 1.86. The van der Waals surface area contributed by atoms with Crippen LogP contribution in [0.4, 0.5) is 11.5 Å². The molecular weight excluding hydrogens is 190 g/mol. The topological polar surface area (TPSA) is 62.4 Å². The van der Waals surface area contributed by atoms with Crippen molar-refractivity contribution < 1.29 is 5.11 Å². The van der Waals surface area contributed by atoms with E-state index in [0.29, 0.717) is 18.2 Å². The zero-order valence-corrected chi connectivity index (χ0v) is 8.93. The van der Waals surface area contributed by atoms with Gasteiger partial charge in [0.15, 0.2) is 0 Å². The number of nitrogens with zero attached hydrogens (tertiary/aromatic N) is 2. The number of hydrogen-bond donors (Lipinski definition) is 2. The molecular formula is C11H17N3O.